The zero-order valence-corrected chi connectivity index (χ0v) is 9.88. The molecule has 0 aromatic carbocycles. The van der Waals surface area contributed by atoms with Gasteiger partial charge in [-0.25, -0.2) is 9.97 Å². The Labute approximate surface area is 95.1 Å². The maximum atomic E-state index is 4.41. The number of aryl methyl sites for hydroxylation is 1. The zero-order valence-electron chi connectivity index (χ0n) is 9.88. The SMILES string of the molecule is CNc1nc(C)cn1C(C)Cn1ccnc1. The van der Waals surface area contributed by atoms with Gasteiger partial charge in [-0.3, -0.25) is 0 Å². The smallest absolute Gasteiger partial charge is 0.203 e. The Morgan fingerprint density at radius 2 is 2.31 bits per heavy atom. The van der Waals surface area contributed by atoms with Crippen molar-refractivity contribution in [3.63, 3.8) is 0 Å². The number of imidazole rings is 2. The van der Waals surface area contributed by atoms with Crippen LogP contribution in [0.2, 0.25) is 0 Å². The molecule has 1 N–H and O–H groups in total. The number of rotatable bonds is 4. The lowest BCUT2D eigenvalue weighted by Gasteiger charge is -2.16. The average Bonchev–Trinajstić information content (AvgIpc) is 2.86. The summed E-state index contributed by atoms with van der Waals surface area (Å²) in [6.07, 6.45) is 7.66. The first kappa shape index (κ1) is 10.7. The molecule has 0 spiro atoms. The molecule has 1 atom stereocenters. The van der Waals surface area contributed by atoms with Crippen molar-refractivity contribution in [2.24, 2.45) is 0 Å². The van der Waals surface area contributed by atoms with Crippen LogP contribution < -0.4 is 5.32 Å². The second-order valence-electron chi connectivity index (χ2n) is 3.97. The highest BCUT2D eigenvalue weighted by molar-refractivity contribution is 5.28. The first-order valence-electron chi connectivity index (χ1n) is 5.39. The van der Waals surface area contributed by atoms with Crippen molar-refractivity contribution in [3.05, 3.63) is 30.6 Å². The third-order valence-electron chi connectivity index (χ3n) is 2.59. The van der Waals surface area contributed by atoms with Crippen LogP contribution >= 0.6 is 0 Å². The predicted octanol–water partition coefficient (Wildman–Crippen LogP) is 1.69. The maximum absolute atomic E-state index is 4.41. The third kappa shape index (κ3) is 2.08. The number of hydrogen-bond donors (Lipinski definition) is 1. The van der Waals surface area contributed by atoms with E-state index >= 15 is 0 Å². The maximum Gasteiger partial charge on any atom is 0.203 e. The molecule has 1 unspecified atom stereocenters. The van der Waals surface area contributed by atoms with E-state index in [4.69, 9.17) is 0 Å². The molecule has 0 amide bonds. The highest BCUT2D eigenvalue weighted by atomic mass is 15.2. The summed E-state index contributed by atoms with van der Waals surface area (Å²) in [6.45, 7) is 5.06. The molecule has 0 aliphatic heterocycles. The van der Waals surface area contributed by atoms with Crippen LogP contribution in [0.25, 0.3) is 0 Å². The molecular formula is C11H17N5. The molecule has 0 saturated carbocycles. The van der Waals surface area contributed by atoms with Gasteiger partial charge in [0.1, 0.15) is 0 Å². The molecule has 86 valence electrons. The quantitative estimate of drug-likeness (QED) is 0.851. The zero-order chi connectivity index (χ0) is 11.5. The molecule has 5 heteroatoms. The van der Waals surface area contributed by atoms with E-state index in [0.717, 1.165) is 18.2 Å². The Morgan fingerprint density at radius 1 is 1.50 bits per heavy atom. The van der Waals surface area contributed by atoms with Crippen LogP contribution in [0, 0.1) is 6.92 Å². The van der Waals surface area contributed by atoms with Gasteiger partial charge >= 0.3 is 0 Å². The number of aromatic nitrogens is 4. The van der Waals surface area contributed by atoms with Crippen molar-refractivity contribution < 1.29 is 0 Å². The molecule has 16 heavy (non-hydrogen) atoms. The number of hydrogen-bond acceptors (Lipinski definition) is 3. The fourth-order valence-corrected chi connectivity index (χ4v) is 1.82. The van der Waals surface area contributed by atoms with Crippen molar-refractivity contribution >= 4 is 5.95 Å². The fourth-order valence-electron chi connectivity index (χ4n) is 1.82. The lowest BCUT2D eigenvalue weighted by atomic mass is 10.3. The van der Waals surface area contributed by atoms with Crippen molar-refractivity contribution in [2.45, 2.75) is 26.4 Å². The highest BCUT2D eigenvalue weighted by Gasteiger charge is 2.10. The summed E-state index contributed by atoms with van der Waals surface area (Å²) in [5, 5.41) is 3.10. The second kappa shape index (κ2) is 4.38. The molecule has 2 aromatic rings. The Balaban J connectivity index is 2.16. The van der Waals surface area contributed by atoms with Gasteiger partial charge in [0.05, 0.1) is 18.1 Å². The molecule has 2 heterocycles. The average molecular weight is 219 g/mol. The minimum atomic E-state index is 0.345. The van der Waals surface area contributed by atoms with Gasteiger partial charge in [-0.15, -0.1) is 0 Å². The van der Waals surface area contributed by atoms with Crippen molar-refractivity contribution in [2.75, 3.05) is 12.4 Å². The number of nitrogens with zero attached hydrogens (tertiary/aromatic N) is 4. The van der Waals surface area contributed by atoms with Crippen molar-refractivity contribution in [3.8, 4) is 0 Å². The predicted molar refractivity (Wildman–Crippen MR) is 63.4 cm³/mol. The Bertz CT molecular complexity index is 443. The van der Waals surface area contributed by atoms with Crippen LogP contribution in [0.15, 0.2) is 24.9 Å². The summed E-state index contributed by atoms with van der Waals surface area (Å²) in [4.78, 5) is 8.45. The molecule has 0 aliphatic carbocycles. The van der Waals surface area contributed by atoms with E-state index in [1.54, 1.807) is 6.20 Å². The van der Waals surface area contributed by atoms with Crippen molar-refractivity contribution in [1.29, 1.82) is 0 Å². The first-order valence-corrected chi connectivity index (χ1v) is 5.39. The van der Waals surface area contributed by atoms with Gasteiger partial charge < -0.3 is 14.5 Å². The van der Waals surface area contributed by atoms with Gasteiger partial charge in [0.2, 0.25) is 5.95 Å². The van der Waals surface area contributed by atoms with Gasteiger partial charge in [0.15, 0.2) is 0 Å². The highest BCUT2D eigenvalue weighted by Crippen LogP contribution is 2.16. The minimum absolute atomic E-state index is 0.345. The van der Waals surface area contributed by atoms with Crippen LogP contribution in [0.4, 0.5) is 5.95 Å². The summed E-state index contributed by atoms with van der Waals surface area (Å²) in [5.41, 5.74) is 1.03. The van der Waals surface area contributed by atoms with Crippen LogP contribution in [0.3, 0.4) is 0 Å². The van der Waals surface area contributed by atoms with E-state index in [2.05, 4.69) is 37.5 Å². The minimum Gasteiger partial charge on any atom is -0.359 e. The van der Waals surface area contributed by atoms with Crippen LogP contribution in [0.5, 0.6) is 0 Å². The number of nitrogens with one attached hydrogen (secondary N) is 1. The fraction of sp³-hybridized carbons (Fsp3) is 0.455. The molecule has 5 nitrogen and oxygen atoms in total. The van der Waals surface area contributed by atoms with Gasteiger partial charge in [0, 0.05) is 32.2 Å². The van der Waals surface area contributed by atoms with E-state index in [0.29, 0.717) is 6.04 Å². The van der Waals surface area contributed by atoms with Crippen LogP contribution in [0.1, 0.15) is 18.7 Å². The lowest BCUT2D eigenvalue weighted by molar-refractivity contribution is 0.468. The van der Waals surface area contributed by atoms with Gasteiger partial charge in [-0.05, 0) is 13.8 Å². The van der Waals surface area contributed by atoms with Gasteiger partial charge in [0.25, 0.3) is 0 Å². The van der Waals surface area contributed by atoms with Crippen LogP contribution in [-0.4, -0.2) is 26.1 Å². The Morgan fingerprint density at radius 3 is 2.94 bits per heavy atom. The molecule has 2 rings (SSSR count). The largest absolute Gasteiger partial charge is 0.359 e. The lowest BCUT2D eigenvalue weighted by Crippen LogP contribution is -2.13. The van der Waals surface area contributed by atoms with E-state index in [9.17, 15) is 0 Å². The molecular weight excluding hydrogens is 202 g/mol. The molecule has 0 saturated heterocycles. The Kier molecular flexibility index (Phi) is 2.94. The monoisotopic (exact) mass is 219 g/mol. The normalized spacial score (nSPS) is 12.7. The topological polar surface area (TPSA) is 47.7 Å². The summed E-state index contributed by atoms with van der Waals surface area (Å²) in [5.74, 6) is 0.908. The standard InChI is InChI=1S/C11H17N5/c1-9-6-16(11(12-3)14-9)10(2)7-15-5-4-13-8-15/h4-6,8,10H,7H2,1-3H3,(H,12,14). The summed E-state index contributed by atoms with van der Waals surface area (Å²) in [7, 11) is 1.89. The van der Waals surface area contributed by atoms with Gasteiger partial charge in [-0.2, -0.15) is 0 Å². The Hall–Kier alpha value is -1.78. The van der Waals surface area contributed by atoms with E-state index < -0.39 is 0 Å². The molecule has 2 aromatic heterocycles. The third-order valence-corrected chi connectivity index (χ3v) is 2.59. The van der Waals surface area contributed by atoms with Crippen molar-refractivity contribution in [1.82, 2.24) is 19.1 Å². The van der Waals surface area contributed by atoms with E-state index in [-0.39, 0.29) is 0 Å². The molecule has 0 fully saturated rings. The van der Waals surface area contributed by atoms with Crippen LogP contribution in [-0.2, 0) is 6.54 Å². The summed E-state index contributed by atoms with van der Waals surface area (Å²) >= 11 is 0. The molecule has 0 radical (unpaired) electrons. The second-order valence-corrected chi connectivity index (χ2v) is 3.97. The first-order chi connectivity index (χ1) is 7.70. The molecule has 0 bridgehead atoms. The number of anilines is 1. The molecule has 0 aliphatic rings. The summed E-state index contributed by atoms with van der Waals surface area (Å²) < 4.78 is 4.22. The van der Waals surface area contributed by atoms with E-state index in [1.807, 2.05) is 26.5 Å². The van der Waals surface area contributed by atoms with Gasteiger partial charge in [-0.1, -0.05) is 0 Å². The van der Waals surface area contributed by atoms with E-state index in [1.165, 1.54) is 0 Å². The summed E-state index contributed by atoms with van der Waals surface area (Å²) in [6, 6.07) is 0.345.